The van der Waals surface area contributed by atoms with Crippen molar-refractivity contribution in [3.63, 3.8) is 0 Å². The van der Waals surface area contributed by atoms with Crippen LogP contribution in [0.5, 0.6) is 0 Å². The molecule has 5 aromatic rings. The molecule has 0 atom stereocenters. The number of nitrogens with zero attached hydrogens (tertiary/aromatic N) is 2. The van der Waals surface area contributed by atoms with Gasteiger partial charge in [0.05, 0.1) is 37.0 Å². The normalized spacial score (nSPS) is 13.3. The van der Waals surface area contributed by atoms with Crippen LogP contribution in [0.1, 0.15) is 139 Å². The van der Waals surface area contributed by atoms with E-state index in [0.29, 0.717) is 17.0 Å². The fourth-order valence-corrected chi connectivity index (χ4v) is 7.92. The van der Waals surface area contributed by atoms with Gasteiger partial charge < -0.3 is 19.4 Å². The van der Waals surface area contributed by atoms with Crippen LogP contribution in [0.2, 0.25) is 0 Å². The largest absolute Gasteiger partial charge is 0.466 e. The Bertz CT molecular complexity index is 2740. The van der Waals surface area contributed by atoms with Gasteiger partial charge in [-0.2, -0.15) is 0 Å². The highest BCUT2D eigenvalue weighted by Crippen LogP contribution is 2.40. The molecule has 0 saturated carbocycles. The summed E-state index contributed by atoms with van der Waals surface area (Å²) in [5, 5.41) is 0. The number of carbonyl (C=O) groups excluding carboxylic acids is 2. The number of hydrogen-bond acceptors (Lipinski definition) is 6. The van der Waals surface area contributed by atoms with E-state index in [0.717, 1.165) is 61.3 Å². The summed E-state index contributed by atoms with van der Waals surface area (Å²) in [7, 11) is 2.75. The van der Waals surface area contributed by atoms with Gasteiger partial charge in [0, 0.05) is 56.5 Å². The van der Waals surface area contributed by atoms with Gasteiger partial charge in [-0.1, -0.05) is 119 Å². The average molecular weight is 855 g/mol. The second kappa shape index (κ2) is 16.9. The number of methoxy groups -OCH3 is 2. The molecule has 3 aromatic heterocycles. The highest BCUT2D eigenvalue weighted by atomic mass is 16.5. The maximum absolute atomic E-state index is 12.7. The molecular formula is C56H62N4O4. The Morgan fingerprint density at radius 2 is 0.766 bits per heavy atom. The fourth-order valence-electron chi connectivity index (χ4n) is 7.92. The first-order chi connectivity index (χ1) is 29.9. The molecule has 7 rings (SSSR count). The minimum Gasteiger partial charge on any atom is -0.466 e. The number of hydrogen-bond donors (Lipinski definition) is 2. The van der Waals surface area contributed by atoms with Crippen LogP contribution in [0.4, 0.5) is 0 Å². The van der Waals surface area contributed by atoms with E-state index in [-0.39, 0.29) is 21.7 Å². The zero-order chi connectivity index (χ0) is 46.5. The molecule has 0 unspecified atom stereocenters. The Balaban J connectivity index is 1.70. The van der Waals surface area contributed by atoms with Crippen molar-refractivity contribution >= 4 is 70.5 Å². The molecule has 0 aliphatic carbocycles. The maximum Gasteiger partial charge on any atom is 0.330 e. The van der Waals surface area contributed by atoms with Crippen LogP contribution in [0.15, 0.2) is 72.8 Å². The minimum atomic E-state index is -0.480. The number of rotatable bonds is 6. The summed E-state index contributed by atoms with van der Waals surface area (Å²) >= 11 is 0. The average Bonchev–Trinajstić information content (AvgIpc) is 4.07. The van der Waals surface area contributed by atoms with Crippen LogP contribution in [0.25, 0.3) is 80.8 Å². The summed E-state index contributed by atoms with van der Waals surface area (Å²) in [5.74, 6) is -0.943. The van der Waals surface area contributed by atoms with Crippen LogP contribution >= 0.6 is 0 Å². The Kier molecular flexibility index (Phi) is 12.0. The van der Waals surface area contributed by atoms with Crippen molar-refractivity contribution in [3.8, 4) is 22.3 Å². The lowest BCUT2D eigenvalue weighted by Gasteiger charge is -2.26. The predicted octanol–water partition coefficient (Wildman–Crippen LogP) is 13.6. The second-order valence-electron chi connectivity index (χ2n) is 20.9. The molecule has 5 heterocycles. The number of nitrogens with one attached hydrogen (secondary N) is 2. The van der Waals surface area contributed by atoms with Gasteiger partial charge in [0.25, 0.3) is 0 Å². The molecule has 0 amide bonds. The van der Waals surface area contributed by atoms with Crippen molar-refractivity contribution in [2.24, 2.45) is 0 Å². The molecule has 2 N–H and O–H groups in total. The lowest BCUT2D eigenvalue weighted by atomic mass is 9.78. The number of aromatic nitrogens is 4. The minimum absolute atomic E-state index is 0.135. The maximum atomic E-state index is 12.7. The molecule has 0 saturated heterocycles. The molecule has 330 valence electrons. The molecule has 8 nitrogen and oxygen atoms in total. The van der Waals surface area contributed by atoms with Crippen molar-refractivity contribution in [1.29, 1.82) is 0 Å². The standard InChI is InChI=1S/C56H62N4O4/c1-53(2,3)35-27-33(28-36(31-35)54(4,5)6)51-45-21-17-41(57-45)39(15-25-49(61)63-13)43-19-23-47(59-43)52(34-29-37(55(7,8)9)32-38(30-34)56(10,11)12)48-24-20-44(60-48)40(16-26-50(62)64-14)42-18-22-46(51)58-42/h15-32,57,59H,1-14H3/b25-15+,26-16+,41-39?,42-40?,43-39?,44-40?,51-45?,51-46?,52-47?,52-48?. The van der Waals surface area contributed by atoms with E-state index in [2.05, 4.69) is 142 Å². The molecule has 2 aliphatic heterocycles. The third-order valence-electron chi connectivity index (χ3n) is 11.9. The summed E-state index contributed by atoms with van der Waals surface area (Å²) in [6, 6.07) is 21.9. The van der Waals surface area contributed by atoms with Gasteiger partial charge in [0.1, 0.15) is 0 Å². The summed E-state index contributed by atoms with van der Waals surface area (Å²) < 4.78 is 10.1. The SMILES string of the molecule is COC(=O)/C=C/c1c2nc(c(-c3cc(C(C)(C)C)cc(C(C)(C)C)c3)c3ccc([nH]3)c(/C=C/C(=O)OC)c3ccc([nH]3)c(-c3cc(C(C)(C)C)cc(C(C)(C)C)c3)c3nc1C=C3)C=C2. The van der Waals surface area contributed by atoms with Crippen LogP contribution in [0, 0.1) is 0 Å². The third-order valence-corrected chi connectivity index (χ3v) is 11.9. The van der Waals surface area contributed by atoms with Crippen molar-refractivity contribution in [3.05, 3.63) is 129 Å². The highest BCUT2D eigenvalue weighted by molar-refractivity contribution is 5.99. The van der Waals surface area contributed by atoms with Crippen molar-refractivity contribution in [2.45, 2.75) is 105 Å². The smallest absolute Gasteiger partial charge is 0.330 e. The van der Waals surface area contributed by atoms with Crippen molar-refractivity contribution in [2.75, 3.05) is 14.2 Å². The van der Waals surface area contributed by atoms with E-state index in [9.17, 15) is 9.59 Å². The number of ether oxygens (including phenoxy) is 2. The fraction of sp³-hybridized carbons (Fsp3) is 0.321. The summed E-state index contributed by atoms with van der Waals surface area (Å²) in [6.45, 7) is 26.8. The summed E-state index contributed by atoms with van der Waals surface area (Å²) in [6.07, 6.45) is 14.4. The summed E-state index contributed by atoms with van der Waals surface area (Å²) in [4.78, 5) is 43.6. The van der Waals surface area contributed by atoms with Crippen LogP contribution in [-0.4, -0.2) is 46.1 Å². The Morgan fingerprint density at radius 3 is 1.09 bits per heavy atom. The predicted molar refractivity (Wildman–Crippen MR) is 267 cm³/mol. The first kappa shape index (κ1) is 45.5. The molecule has 0 spiro atoms. The first-order valence-corrected chi connectivity index (χ1v) is 22.0. The molecule has 0 fully saturated rings. The Labute approximate surface area is 378 Å². The lowest BCUT2D eigenvalue weighted by molar-refractivity contribution is -0.135. The number of esters is 2. The molecule has 8 heteroatoms. The Hall–Kier alpha value is -6.54. The van der Waals surface area contributed by atoms with E-state index in [1.54, 1.807) is 12.2 Å². The van der Waals surface area contributed by atoms with E-state index >= 15 is 0 Å². The topological polar surface area (TPSA) is 110 Å². The van der Waals surface area contributed by atoms with Crippen LogP contribution < -0.4 is 0 Å². The van der Waals surface area contributed by atoms with Gasteiger partial charge in [0.2, 0.25) is 0 Å². The number of H-pyrrole nitrogens is 2. The number of aromatic amines is 2. The van der Waals surface area contributed by atoms with Gasteiger partial charge in [-0.3, -0.25) is 0 Å². The van der Waals surface area contributed by atoms with E-state index in [4.69, 9.17) is 19.4 Å². The van der Waals surface area contributed by atoms with Crippen molar-refractivity contribution in [1.82, 2.24) is 19.9 Å². The quantitative estimate of drug-likeness (QED) is 0.127. The van der Waals surface area contributed by atoms with Gasteiger partial charge in [0.15, 0.2) is 0 Å². The molecular weight excluding hydrogens is 793 g/mol. The number of carbonyl (C=O) groups is 2. The zero-order valence-corrected chi connectivity index (χ0v) is 39.9. The van der Waals surface area contributed by atoms with E-state index < -0.39 is 11.9 Å². The number of fused-ring (bicyclic) bond motifs is 8. The van der Waals surface area contributed by atoms with Crippen LogP contribution in [-0.2, 0) is 40.7 Å². The number of benzene rings is 2. The Morgan fingerprint density at radius 1 is 0.453 bits per heavy atom. The highest BCUT2D eigenvalue weighted by Gasteiger charge is 2.25. The van der Waals surface area contributed by atoms with Crippen molar-refractivity contribution < 1.29 is 19.1 Å². The van der Waals surface area contributed by atoms with Gasteiger partial charge in [-0.15, -0.1) is 0 Å². The molecule has 0 radical (unpaired) electrons. The van der Waals surface area contributed by atoms with E-state index in [1.807, 2.05) is 36.4 Å². The molecule has 64 heavy (non-hydrogen) atoms. The van der Waals surface area contributed by atoms with Gasteiger partial charge >= 0.3 is 11.9 Å². The first-order valence-electron chi connectivity index (χ1n) is 22.0. The van der Waals surface area contributed by atoms with Gasteiger partial charge in [-0.25, -0.2) is 19.6 Å². The molecule has 2 aromatic carbocycles. The lowest BCUT2D eigenvalue weighted by Crippen LogP contribution is -2.16. The van der Waals surface area contributed by atoms with Crippen LogP contribution in [0.3, 0.4) is 0 Å². The second-order valence-corrected chi connectivity index (χ2v) is 20.9. The van der Waals surface area contributed by atoms with E-state index in [1.165, 1.54) is 48.6 Å². The summed E-state index contributed by atoms with van der Waals surface area (Å²) in [5.41, 5.74) is 15.6. The molecule has 2 aliphatic rings. The monoisotopic (exact) mass is 854 g/mol. The zero-order valence-electron chi connectivity index (χ0n) is 39.9. The molecule has 8 bridgehead atoms. The third kappa shape index (κ3) is 9.52. The van der Waals surface area contributed by atoms with Gasteiger partial charge in [-0.05, 0) is 116 Å².